The number of halogens is 1. The van der Waals surface area contributed by atoms with Gasteiger partial charge in [0.25, 0.3) is 0 Å². The minimum atomic E-state index is -1.29. The topological polar surface area (TPSA) is 80.7 Å². The Bertz CT molecular complexity index is 1310. The highest BCUT2D eigenvalue weighted by atomic mass is 35.5. The van der Waals surface area contributed by atoms with Crippen LogP contribution in [-0.4, -0.2) is 33.5 Å². The van der Waals surface area contributed by atoms with E-state index in [-0.39, 0.29) is 0 Å². The number of nitrogens with zero attached hydrogens (tertiary/aromatic N) is 3. The van der Waals surface area contributed by atoms with Gasteiger partial charge in [0, 0.05) is 36.8 Å². The van der Waals surface area contributed by atoms with Crippen molar-refractivity contribution in [1.82, 2.24) is 9.78 Å². The van der Waals surface area contributed by atoms with Crippen molar-refractivity contribution in [2.75, 3.05) is 11.9 Å². The van der Waals surface area contributed by atoms with E-state index in [1.807, 2.05) is 72.2 Å². The predicted molar refractivity (Wildman–Crippen MR) is 136 cm³/mol. The van der Waals surface area contributed by atoms with Gasteiger partial charge in [-0.15, -0.1) is 0 Å². The van der Waals surface area contributed by atoms with E-state index in [0.29, 0.717) is 23.7 Å². The lowest BCUT2D eigenvalue weighted by Crippen LogP contribution is -2.37. The quantitative estimate of drug-likeness (QED) is 0.313. The van der Waals surface area contributed by atoms with Gasteiger partial charge in [-0.3, -0.25) is 0 Å². The van der Waals surface area contributed by atoms with Crippen molar-refractivity contribution in [3.63, 3.8) is 0 Å². The summed E-state index contributed by atoms with van der Waals surface area (Å²) in [5, 5.41) is 14.6. The molecule has 182 valence electrons. The van der Waals surface area contributed by atoms with Gasteiger partial charge in [0.1, 0.15) is 5.75 Å². The number of carboxylic acids is 1. The first-order valence-corrected chi connectivity index (χ1v) is 11.6. The molecule has 0 fully saturated rings. The maximum absolute atomic E-state index is 11.3. The minimum absolute atomic E-state index is 0.510. The normalized spacial score (nSPS) is 11.5. The first-order valence-electron chi connectivity index (χ1n) is 11.2. The number of anilines is 1. The summed E-state index contributed by atoms with van der Waals surface area (Å²) in [5.74, 6) is 0.284. The highest BCUT2D eigenvalue weighted by molar-refractivity contribution is 6.30. The smallest absolute Gasteiger partial charge is 0.347 e. The van der Waals surface area contributed by atoms with Crippen LogP contribution in [0.1, 0.15) is 36.2 Å². The van der Waals surface area contributed by atoms with Gasteiger partial charge in [0.2, 0.25) is 0 Å². The summed E-state index contributed by atoms with van der Waals surface area (Å²) in [6.45, 7) is 5.67. The summed E-state index contributed by atoms with van der Waals surface area (Å²) in [7, 11) is 1.98. The van der Waals surface area contributed by atoms with Gasteiger partial charge in [0.15, 0.2) is 11.5 Å². The SMILES string of the molecule is Cc1nn(-c2ccc(Cl)cc2)cc1Cc1ccoc1N(C)Cc1ccc(OC(C)(C)C(=O)O)cc1. The van der Waals surface area contributed by atoms with E-state index in [1.54, 1.807) is 18.4 Å². The second kappa shape index (κ2) is 9.88. The van der Waals surface area contributed by atoms with Crippen LogP contribution in [0.2, 0.25) is 5.02 Å². The van der Waals surface area contributed by atoms with Crippen LogP contribution >= 0.6 is 11.6 Å². The Morgan fingerprint density at radius 1 is 1.11 bits per heavy atom. The van der Waals surface area contributed by atoms with Crippen molar-refractivity contribution in [2.24, 2.45) is 0 Å². The molecule has 2 heterocycles. The monoisotopic (exact) mass is 493 g/mol. The zero-order chi connectivity index (χ0) is 25.2. The van der Waals surface area contributed by atoms with Crippen molar-refractivity contribution < 1.29 is 19.1 Å². The molecule has 0 atom stereocenters. The zero-order valence-corrected chi connectivity index (χ0v) is 20.9. The number of aliphatic carboxylic acids is 1. The van der Waals surface area contributed by atoms with Crippen LogP contribution in [0.4, 0.5) is 5.88 Å². The highest BCUT2D eigenvalue weighted by Gasteiger charge is 2.29. The number of carbonyl (C=O) groups is 1. The van der Waals surface area contributed by atoms with Crippen LogP contribution in [0.15, 0.2) is 71.5 Å². The molecule has 0 aliphatic rings. The molecular weight excluding hydrogens is 466 g/mol. The molecule has 2 aromatic heterocycles. The Morgan fingerprint density at radius 2 is 1.80 bits per heavy atom. The van der Waals surface area contributed by atoms with Crippen LogP contribution in [0.25, 0.3) is 5.69 Å². The van der Waals surface area contributed by atoms with Crippen LogP contribution in [0.3, 0.4) is 0 Å². The molecule has 4 aromatic rings. The molecule has 7 nitrogen and oxygen atoms in total. The number of hydrogen-bond acceptors (Lipinski definition) is 5. The van der Waals surface area contributed by atoms with Crippen molar-refractivity contribution in [2.45, 2.75) is 39.3 Å². The first kappa shape index (κ1) is 24.4. The number of carboxylic acid groups (broad SMARTS) is 1. The summed E-state index contributed by atoms with van der Waals surface area (Å²) in [6.07, 6.45) is 4.42. The fourth-order valence-electron chi connectivity index (χ4n) is 3.74. The van der Waals surface area contributed by atoms with Crippen LogP contribution in [0.5, 0.6) is 5.75 Å². The second-order valence-electron chi connectivity index (χ2n) is 9.01. The Morgan fingerprint density at radius 3 is 2.46 bits per heavy atom. The lowest BCUT2D eigenvalue weighted by molar-refractivity contribution is -0.152. The van der Waals surface area contributed by atoms with E-state index in [4.69, 9.17) is 20.8 Å². The van der Waals surface area contributed by atoms with Gasteiger partial charge in [-0.05, 0) is 74.4 Å². The van der Waals surface area contributed by atoms with Crippen molar-refractivity contribution in [3.8, 4) is 11.4 Å². The molecule has 0 aliphatic carbocycles. The molecule has 0 saturated carbocycles. The summed E-state index contributed by atoms with van der Waals surface area (Å²) >= 11 is 6.01. The van der Waals surface area contributed by atoms with Gasteiger partial charge in [-0.1, -0.05) is 23.7 Å². The van der Waals surface area contributed by atoms with Crippen LogP contribution in [-0.2, 0) is 17.8 Å². The predicted octanol–water partition coefficient (Wildman–Crippen LogP) is 5.90. The van der Waals surface area contributed by atoms with Gasteiger partial charge < -0.3 is 19.2 Å². The average molecular weight is 494 g/mol. The summed E-state index contributed by atoms with van der Waals surface area (Å²) in [6, 6.07) is 17.0. The second-order valence-corrected chi connectivity index (χ2v) is 9.44. The molecule has 35 heavy (non-hydrogen) atoms. The molecule has 1 N–H and O–H groups in total. The van der Waals surface area contributed by atoms with Crippen molar-refractivity contribution in [3.05, 3.63) is 94.5 Å². The molecule has 0 amide bonds. The molecule has 8 heteroatoms. The fourth-order valence-corrected chi connectivity index (χ4v) is 3.87. The van der Waals surface area contributed by atoms with Gasteiger partial charge in [-0.2, -0.15) is 5.10 Å². The Kier molecular flexibility index (Phi) is 6.89. The molecule has 0 spiro atoms. The molecular formula is C27H28ClN3O4. The largest absolute Gasteiger partial charge is 0.478 e. The Balaban J connectivity index is 1.45. The van der Waals surface area contributed by atoms with Gasteiger partial charge >= 0.3 is 5.97 Å². The number of hydrogen-bond donors (Lipinski definition) is 1. The number of furan rings is 1. The van der Waals surface area contributed by atoms with Gasteiger partial charge in [0.05, 0.1) is 17.6 Å². The van der Waals surface area contributed by atoms with E-state index in [1.165, 1.54) is 13.8 Å². The van der Waals surface area contributed by atoms with E-state index in [9.17, 15) is 9.90 Å². The molecule has 0 saturated heterocycles. The Labute approximate surface area is 209 Å². The van der Waals surface area contributed by atoms with E-state index < -0.39 is 11.6 Å². The van der Waals surface area contributed by atoms with E-state index >= 15 is 0 Å². The molecule has 0 bridgehead atoms. The average Bonchev–Trinajstić information content (AvgIpc) is 3.42. The number of benzene rings is 2. The van der Waals surface area contributed by atoms with Crippen molar-refractivity contribution in [1.29, 1.82) is 0 Å². The third kappa shape index (κ3) is 5.69. The number of ether oxygens (including phenoxy) is 1. The minimum Gasteiger partial charge on any atom is -0.478 e. The molecule has 0 unspecified atom stereocenters. The molecule has 0 radical (unpaired) electrons. The van der Waals surface area contributed by atoms with Crippen LogP contribution in [0, 0.1) is 6.92 Å². The lowest BCUT2D eigenvalue weighted by atomic mass is 10.1. The summed E-state index contributed by atoms with van der Waals surface area (Å²) < 4.78 is 13.3. The van der Waals surface area contributed by atoms with E-state index in [2.05, 4.69) is 5.10 Å². The Hall–Kier alpha value is -3.71. The van der Waals surface area contributed by atoms with Crippen molar-refractivity contribution >= 4 is 23.5 Å². The fraction of sp³-hybridized carbons (Fsp3) is 0.259. The standard InChI is InChI=1S/C27H28ClN3O4/c1-18-21(17-31(29-18)23-9-7-22(28)8-10-23)15-20-13-14-34-25(20)30(4)16-19-5-11-24(12-6-19)35-27(2,3)26(32)33/h5-14,17H,15-16H2,1-4H3,(H,32,33). The highest BCUT2D eigenvalue weighted by Crippen LogP contribution is 2.27. The lowest BCUT2D eigenvalue weighted by Gasteiger charge is -2.22. The third-order valence-corrected chi connectivity index (χ3v) is 6.03. The zero-order valence-electron chi connectivity index (χ0n) is 20.2. The maximum atomic E-state index is 11.3. The molecule has 0 aliphatic heterocycles. The summed E-state index contributed by atoms with van der Waals surface area (Å²) in [5.41, 5.74) is 3.83. The maximum Gasteiger partial charge on any atom is 0.347 e. The van der Waals surface area contributed by atoms with Crippen LogP contribution < -0.4 is 9.64 Å². The third-order valence-electron chi connectivity index (χ3n) is 5.77. The molecule has 2 aromatic carbocycles. The number of aromatic nitrogens is 2. The number of aryl methyl sites for hydroxylation is 1. The first-order chi connectivity index (χ1) is 16.6. The van der Waals surface area contributed by atoms with Gasteiger partial charge in [-0.25, -0.2) is 9.48 Å². The number of rotatable bonds is 9. The molecule has 4 rings (SSSR count). The van der Waals surface area contributed by atoms with E-state index in [0.717, 1.165) is 34.0 Å². The summed E-state index contributed by atoms with van der Waals surface area (Å²) in [4.78, 5) is 13.3.